The van der Waals surface area contributed by atoms with Crippen molar-refractivity contribution in [2.24, 2.45) is 7.05 Å². The molecule has 0 saturated carbocycles. The van der Waals surface area contributed by atoms with Gasteiger partial charge >= 0.3 is 0 Å². The highest BCUT2D eigenvalue weighted by molar-refractivity contribution is 5.93. The van der Waals surface area contributed by atoms with E-state index in [1.807, 2.05) is 20.9 Å². The number of hydrogen-bond donors (Lipinski definition) is 1. The molecule has 7 nitrogen and oxygen atoms in total. The second-order valence-electron chi connectivity index (χ2n) is 6.23. The molecule has 1 aliphatic rings. The van der Waals surface area contributed by atoms with Crippen molar-refractivity contribution in [3.63, 3.8) is 0 Å². The number of piperidine rings is 1. The highest BCUT2D eigenvalue weighted by Gasteiger charge is 2.23. The molecule has 2 aromatic heterocycles. The lowest BCUT2D eigenvalue weighted by Gasteiger charge is -2.32. The number of amides is 1. The van der Waals surface area contributed by atoms with Gasteiger partial charge in [0.2, 0.25) is 0 Å². The van der Waals surface area contributed by atoms with Crippen LogP contribution in [0.25, 0.3) is 0 Å². The SMILES string of the molecule is Cc1noc(C)c1CN1CCC(NC(=O)c2cnn(C)c2)CC1. The predicted molar refractivity (Wildman–Crippen MR) is 85.0 cm³/mol. The third kappa shape index (κ3) is 3.61. The number of nitrogens with zero attached hydrogens (tertiary/aromatic N) is 4. The normalized spacial score (nSPS) is 16.7. The molecule has 0 atom stereocenters. The van der Waals surface area contributed by atoms with E-state index in [0.29, 0.717) is 5.56 Å². The largest absolute Gasteiger partial charge is 0.361 e. The van der Waals surface area contributed by atoms with Gasteiger partial charge in [-0.3, -0.25) is 14.4 Å². The molecule has 0 aliphatic carbocycles. The van der Waals surface area contributed by atoms with Gasteiger partial charge < -0.3 is 9.84 Å². The monoisotopic (exact) mass is 317 g/mol. The lowest BCUT2D eigenvalue weighted by atomic mass is 10.0. The molecule has 0 unspecified atom stereocenters. The van der Waals surface area contributed by atoms with Gasteiger partial charge in [-0.15, -0.1) is 0 Å². The molecule has 1 fully saturated rings. The number of likely N-dealkylation sites (tertiary alicyclic amines) is 1. The van der Waals surface area contributed by atoms with Crippen molar-refractivity contribution in [3.8, 4) is 0 Å². The number of aromatic nitrogens is 3. The Kier molecular flexibility index (Phi) is 4.47. The Hall–Kier alpha value is -2.15. The maximum Gasteiger partial charge on any atom is 0.254 e. The first-order chi connectivity index (χ1) is 11.0. The molecule has 3 rings (SSSR count). The fraction of sp³-hybridized carbons (Fsp3) is 0.562. The van der Waals surface area contributed by atoms with Crippen molar-refractivity contribution in [1.82, 2.24) is 25.2 Å². The van der Waals surface area contributed by atoms with Gasteiger partial charge in [0.1, 0.15) is 5.76 Å². The van der Waals surface area contributed by atoms with Crippen molar-refractivity contribution in [3.05, 3.63) is 35.0 Å². The maximum absolute atomic E-state index is 12.2. The molecule has 0 radical (unpaired) electrons. The molecule has 3 heterocycles. The molecule has 0 spiro atoms. The van der Waals surface area contributed by atoms with Crippen molar-refractivity contribution in [2.45, 2.75) is 39.3 Å². The number of rotatable bonds is 4. The fourth-order valence-electron chi connectivity index (χ4n) is 2.99. The van der Waals surface area contributed by atoms with Gasteiger partial charge in [0, 0.05) is 44.5 Å². The Morgan fingerprint density at radius 1 is 1.39 bits per heavy atom. The summed E-state index contributed by atoms with van der Waals surface area (Å²) in [5.74, 6) is 0.858. The van der Waals surface area contributed by atoms with E-state index in [1.165, 1.54) is 5.56 Å². The van der Waals surface area contributed by atoms with Gasteiger partial charge in [-0.05, 0) is 26.7 Å². The van der Waals surface area contributed by atoms with Gasteiger partial charge in [0.25, 0.3) is 5.91 Å². The van der Waals surface area contributed by atoms with Crippen molar-refractivity contribution >= 4 is 5.91 Å². The smallest absolute Gasteiger partial charge is 0.254 e. The van der Waals surface area contributed by atoms with Gasteiger partial charge in [-0.1, -0.05) is 5.16 Å². The van der Waals surface area contributed by atoms with Crippen molar-refractivity contribution in [2.75, 3.05) is 13.1 Å². The van der Waals surface area contributed by atoms with Gasteiger partial charge in [-0.2, -0.15) is 5.10 Å². The molecule has 1 amide bonds. The van der Waals surface area contributed by atoms with Crippen LogP contribution in [0, 0.1) is 13.8 Å². The predicted octanol–water partition coefficient (Wildman–Crippen LogP) is 1.42. The van der Waals surface area contributed by atoms with E-state index < -0.39 is 0 Å². The number of nitrogens with one attached hydrogen (secondary N) is 1. The summed E-state index contributed by atoms with van der Waals surface area (Å²) in [6.45, 7) is 6.72. The molecule has 124 valence electrons. The quantitative estimate of drug-likeness (QED) is 0.923. The Labute approximate surface area is 135 Å². The van der Waals surface area contributed by atoms with E-state index in [1.54, 1.807) is 17.1 Å². The zero-order valence-corrected chi connectivity index (χ0v) is 13.9. The molecule has 0 aromatic carbocycles. The molecule has 2 aromatic rings. The van der Waals surface area contributed by atoms with E-state index in [-0.39, 0.29) is 11.9 Å². The highest BCUT2D eigenvalue weighted by atomic mass is 16.5. The van der Waals surface area contributed by atoms with Crippen LogP contribution in [0.4, 0.5) is 0 Å². The van der Waals surface area contributed by atoms with Crippen LogP contribution >= 0.6 is 0 Å². The van der Waals surface area contributed by atoms with Crippen LogP contribution in [0.5, 0.6) is 0 Å². The van der Waals surface area contributed by atoms with Crippen LogP contribution in [0.3, 0.4) is 0 Å². The van der Waals surface area contributed by atoms with Crippen molar-refractivity contribution < 1.29 is 9.32 Å². The number of carbonyl (C=O) groups is 1. The molecule has 23 heavy (non-hydrogen) atoms. The summed E-state index contributed by atoms with van der Waals surface area (Å²) in [4.78, 5) is 14.5. The third-order valence-electron chi connectivity index (χ3n) is 4.45. The van der Waals surface area contributed by atoms with Gasteiger partial charge in [0.05, 0.1) is 17.5 Å². The molecule has 7 heteroatoms. The lowest BCUT2D eigenvalue weighted by Crippen LogP contribution is -2.44. The summed E-state index contributed by atoms with van der Waals surface area (Å²) in [5, 5.41) is 11.1. The first-order valence-electron chi connectivity index (χ1n) is 7.96. The van der Waals surface area contributed by atoms with E-state index in [4.69, 9.17) is 4.52 Å². The molecule has 0 bridgehead atoms. The van der Waals surface area contributed by atoms with E-state index in [0.717, 1.165) is 43.9 Å². The maximum atomic E-state index is 12.2. The van der Waals surface area contributed by atoms with Crippen LogP contribution in [0.2, 0.25) is 0 Å². The third-order valence-corrected chi connectivity index (χ3v) is 4.45. The Balaban J connectivity index is 1.50. The summed E-state index contributed by atoms with van der Waals surface area (Å²) in [7, 11) is 1.81. The standard InChI is InChI=1S/C16H23N5O2/c1-11-15(12(2)23-19-11)10-21-6-4-14(5-7-21)18-16(22)13-8-17-20(3)9-13/h8-9,14H,4-7,10H2,1-3H3,(H,18,22). The zero-order chi connectivity index (χ0) is 16.4. The summed E-state index contributed by atoms with van der Waals surface area (Å²) in [6.07, 6.45) is 5.24. The van der Waals surface area contributed by atoms with E-state index >= 15 is 0 Å². The molecule has 1 saturated heterocycles. The van der Waals surface area contributed by atoms with Gasteiger partial charge in [-0.25, -0.2) is 0 Å². The Bertz CT molecular complexity index is 663. The number of aryl methyl sites for hydroxylation is 3. The minimum Gasteiger partial charge on any atom is -0.361 e. The van der Waals surface area contributed by atoms with Crippen LogP contribution in [0.1, 0.15) is 40.2 Å². The van der Waals surface area contributed by atoms with Crippen LogP contribution < -0.4 is 5.32 Å². The summed E-state index contributed by atoms with van der Waals surface area (Å²) in [5.41, 5.74) is 2.77. The van der Waals surface area contributed by atoms with E-state index in [2.05, 4.69) is 20.5 Å². The summed E-state index contributed by atoms with van der Waals surface area (Å²) >= 11 is 0. The van der Waals surface area contributed by atoms with Crippen LogP contribution in [-0.2, 0) is 13.6 Å². The minimum absolute atomic E-state index is 0.0396. The Morgan fingerprint density at radius 3 is 2.70 bits per heavy atom. The van der Waals surface area contributed by atoms with Crippen molar-refractivity contribution in [1.29, 1.82) is 0 Å². The summed E-state index contributed by atoms with van der Waals surface area (Å²) < 4.78 is 6.86. The lowest BCUT2D eigenvalue weighted by molar-refractivity contribution is 0.0909. The minimum atomic E-state index is -0.0396. The average molecular weight is 317 g/mol. The molecular weight excluding hydrogens is 294 g/mol. The molecule has 1 N–H and O–H groups in total. The number of hydrogen-bond acceptors (Lipinski definition) is 5. The topological polar surface area (TPSA) is 76.2 Å². The van der Waals surface area contributed by atoms with E-state index in [9.17, 15) is 4.79 Å². The average Bonchev–Trinajstić information content (AvgIpc) is 3.10. The van der Waals surface area contributed by atoms with Gasteiger partial charge in [0.15, 0.2) is 0 Å². The molecular formula is C16H23N5O2. The van der Waals surface area contributed by atoms with Crippen LogP contribution in [-0.4, -0.2) is 44.9 Å². The highest BCUT2D eigenvalue weighted by Crippen LogP contribution is 2.18. The zero-order valence-electron chi connectivity index (χ0n) is 13.9. The first-order valence-corrected chi connectivity index (χ1v) is 7.96. The molecule has 1 aliphatic heterocycles. The summed E-state index contributed by atoms with van der Waals surface area (Å²) in [6, 6.07) is 0.226. The number of carbonyl (C=O) groups excluding carboxylic acids is 1. The fourth-order valence-corrected chi connectivity index (χ4v) is 2.99. The van der Waals surface area contributed by atoms with Crippen LogP contribution in [0.15, 0.2) is 16.9 Å². The second kappa shape index (κ2) is 6.54. The first kappa shape index (κ1) is 15.7. The Morgan fingerprint density at radius 2 is 2.13 bits per heavy atom. The second-order valence-corrected chi connectivity index (χ2v) is 6.23.